The van der Waals surface area contributed by atoms with Crippen molar-refractivity contribution in [3.8, 4) is 11.5 Å². The Morgan fingerprint density at radius 3 is 2.89 bits per heavy atom. The quantitative estimate of drug-likeness (QED) is 0.636. The zero-order valence-electron chi connectivity index (χ0n) is 11.1. The lowest BCUT2D eigenvalue weighted by molar-refractivity contribution is -0.108. The first kappa shape index (κ1) is 12.6. The van der Waals surface area contributed by atoms with Gasteiger partial charge in [-0.2, -0.15) is 0 Å². The van der Waals surface area contributed by atoms with Gasteiger partial charge in [0.25, 0.3) is 0 Å². The van der Waals surface area contributed by atoms with Gasteiger partial charge in [-0.1, -0.05) is 18.9 Å². The molecule has 2 fully saturated rings. The van der Waals surface area contributed by atoms with E-state index in [4.69, 9.17) is 15.2 Å². The molecule has 1 aromatic carbocycles. The second-order valence-corrected chi connectivity index (χ2v) is 5.66. The molecule has 19 heavy (non-hydrogen) atoms. The van der Waals surface area contributed by atoms with Crippen molar-refractivity contribution in [2.45, 2.75) is 50.2 Å². The number of rotatable bonds is 2. The molecule has 4 nitrogen and oxygen atoms in total. The lowest BCUT2D eigenvalue weighted by atomic mass is 9.90. The largest absolute Gasteiger partial charge is 0.506 e. The maximum absolute atomic E-state index is 9.60. The van der Waals surface area contributed by atoms with Crippen LogP contribution in [0.1, 0.15) is 38.5 Å². The molecule has 0 aromatic heterocycles. The van der Waals surface area contributed by atoms with E-state index in [1.165, 1.54) is 12.8 Å². The van der Waals surface area contributed by atoms with Crippen molar-refractivity contribution < 1.29 is 14.6 Å². The van der Waals surface area contributed by atoms with E-state index in [0.717, 1.165) is 32.3 Å². The number of hydrogen-bond acceptors (Lipinski definition) is 4. The van der Waals surface area contributed by atoms with Crippen molar-refractivity contribution in [3.63, 3.8) is 0 Å². The Morgan fingerprint density at radius 2 is 2.11 bits per heavy atom. The maximum Gasteiger partial charge on any atom is 0.146 e. The van der Waals surface area contributed by atoms with Crippen LogP contribution >= 0.6 is 0 Å². The second kappa shape index (κ2) is 4.93. The van der Waals surface area contributed by atoms with Crippen molar-refractivity contribution in [2.75, 3.05) is 12.3 Å². The molecule has 3 rings (SSSR count). The summed E-state index contributed by atoms with van der Waals surface area (Å²) in [6.45, 7) is 0.753. The summed E-state index contributed by atoms with van der Waals surface area (Å²) >= 11 is 0. The summed E-state index contributed by atoms with van der Waals surface area (Å²) in [5, 5.41) is 9.60. The first-order valence-electron chi connectivity index (χ1n) is 7.07. The molecule has 1 saturated heterocycles. The molecule has 1 spiro atoms. The Hall–Kier alpha value is -1.42. The molecule has 3 N–H and O–H groups in total. The molecule has 2 aliphatic rings. The number of aromatic hydroxyl groups is 1. The number of benzene rings is 1. The van der Waals surface area contributed by atoms with Crippen molar-refractivity contribution in [2.24, 2.45) is 0 Å². The van der Waals surface area contributed by atoms with E-state index in [0.29, 0.717) is 11.4 Å². The van der Waals surface area contributed by atoms with Crippen LogP contribution < -0.4 is 10.5 Å². The molecular formula is C15H21NO3. The molecule has 4 heteroatoms. The van der Waals surface area contributed by atoms with Gasteiger partial charge in [0.1, 0.15) is 23.3 Å². The number of phenolic OH excluding ortho intramolecular Hbond substituents is 1. The molecule has 0 bridgehead atoms. The van der Waals surface area contributed by atoms with Crippen molar-refractivity contribution >= 4 is 5.69 Å². The number of hydrogen-bond donors (Lipinski definition) is 2. The summed E-state index contributed by atoms with van der Waals surface area (Å²) in [7, 11) is 0. The van der Waals surface area contributed by atoms with E-state index in [2.05, 4.69) is 0 Å². The molecule has 1 aliphatic carbocycles. The average Bonchev–Trinajstić information content (AvgIpc) is 2.83. The minimum Gasteiger partial charge on any atom is -0.506 e. The van der Waals surface area contributed by atoms with Gasteiger partial charge in [0.15, 0.2) is 0 Å². The van der Waals surface area contributed by atoms with E-state index in [1.54, 1.807) is 12.1 Å². The molecule has 0 amide bonds. The minimum absolute atomic E-state index is 0.0362. The molecule has 1 heterocycles. The second-order valence-electron chi connectivity index (χ2n) is 5.66. The maximum atomic E-state index is 9.60. The molecule has 1 saturated carbocycles. The number of phenols is 1. The Kier molecular flexibility index (Phi) is 3.27. The molecule has 104 valence electrons. The van der Waals surface area contributed by atoms with Gasteiger partial charge in [-0.15, -0.1) is 0 Å². The van der Waals surface area contributed by atoms with Crippen LogP contribution in [0.5, 0.6) is 11.5 Å². The Labute approximate surface area is 113 Å². The fourth-order valence-corrected chi connectivity index (χ4v) is 3.27. The monoisotopic (exact) mass is 263 g/mol. The summed E-state index contributed by atoms with van der Waals surface area (Å²) in [5.41, 5.74) is 6.20. The number of nitrogen functional groups attached to an aromatic ring is 1. The first-order valence-corrected chi connectivity index (χ1v) is 7.07. The number of nitrogens with two attached hydrogens (primary N) is 1. The predicted octanol–water partition coefficient (Wildman–Crippen LogP) is 2.85. The summed E-state index contributed by atoms with van der Waals surface area (Å²) in [6, 6.07) is 5.14. The fraction of sp³-hybridized carbons (Fsp3) is 0.600. The zero-order valence-corrected chi connectivity index (χ0v) is 11.1. The summed E-state index contributed by atoms with van der Waals surface area (Å²) in [6.07, 6.45) is 6.74. The minimum atomic E-state index is 0.0362. The number of anilines is 1. The van der Waals surface area contributed by atoms with Gasteiger partial charge >= 0.3 is 0 Å². The van der Waals surface area contributed by atoms with Crippen LogP contribution in [0, 0.1) is 0 Å². The van der Waals surface area contributed by atoms with Crippen molar-refractivity contribution in [1.29, 1.82) is 0 Å². The van der Waals surface area contributed by atoms with Gasteiger partial charge in [-0.3, -0.25) is 0 Å². The van der Waals surface area contributed by atoms with E-state index >= 15 is 0 Å². The van der Waals surface area contributed by atoms with Gasteiger partial charge < -0.3 is 20.3 Å². The Bertz CT molecular complexity index is 455. The van der Waals surface area contributed by atoms with E-state index in [-0.39, 0.29) is 17.5 Å². The zero-order chi connectivity index (χ0) is 13.3. The average molecular weight is 263 g/mol. The molecule has 1 atom stereocenters. The summed E-state index contributed by atoms with van der Waals surface area (Å²) in [5.74, 6) is 0.667. The predicted molar refractivity (Wildman–Crippen MR) is 73.3 cm³/mol. The normalized spacial score (nSPS) is 25.6. The van der Waals surface area contributed by atoms with Crippen LogP contribution in [0.2, 0.25) is 0 Å². The molecule has 0 radical (unpaired) electrons. The topological polar surface area (TPSA) is 64.7 Å². The fourth-order valence-electron chi connectivity index (χ4n) is 3.27. The standard InChI is InChI=1S/C15H21NO3/c16-14-12(17)4-3-5-13(14)19-11-6-9-18-15(10-11)7-1-2-8-15/h3-5,11,17H,1-2,6-10,16H2. The van der Waals surface area contributed by atoms with Gasteiger partial charge in [-0.25, -0.2) is 0 Å². The van der Waals surface area contributed by atoms with E-state index < -0.39 is 0 Å². The third-order valence-electron chi connectivity index (χ3n) is 4.30. The summed E-state index contributed by atoms with van der Waals surface area (Å²) < 4.78 is 12.0. The first-order chi connectivity index (χ1) is 9.19. The lowest BCUT2D eigenvalue weighted by Crippen LogP contribution is -2.41. The molecule has 1 aromatic rings. The summed E-state index contributed by atoms with van der Waals surface area (Å²) in [4.78, 5) is 0. The third kappa shape index (κ3) is 2.50. The third-order valence-corrected chi connectivity index (χ3v) is 4.30. The number of para-hydroxylation sites is 1. The van der Waals surface area contributed by atoms with Crippen LogP contribution in [0.3, 0.4) is 0 Å². The van der Waals surface area contributed by atoms with Crippen LogP contribution in [0.4, 0.5) is 5.69 Å². The van der Waals surface area contributed by atoms with Crippen LogP contribution in [-0.4, -0.2) is 23.4 Å². The van der Waals surface area contributed by atoms with Crippen LogP contribution in [-0.2, 0) is 4.74 Å². The van der Waals surface area contributed by atoms with E-state index in [9.17, 15) is 5.11 Å². The van der Waals surface area contributed by atoms with Crippen LogP contribution in [0.15, 0.2) is 18.2 Å². The highest BCUT2D eigenvalue weighted by molar-refractivity contribution is 5.61. The molecule has 1 unspecified atom stereocenters. The SMILES string of the molecule is Nc1c(O)cccc1OC1CCOC2(CCCC2)C1. The highest BCUT2D eigenvalue weighted by atomic mass is 16.5. The Balaban J connectivity index is 1.71. The van der Waals surface area contributed by atoms with Gasteiger partial charge in [-0.05, 0) is 25.0 Å². The van der Waals surface area contributed by atoms with Gasteiger partial charge in [0, 0.05) is 12.8 Å². The number of ether oxygens (including phenoxy) is 2. The highest BCUT2D eigenvalue weighted by Crippen LogP contribution is 2.41. The van der Waals surface area contributed by atoms with Gasteiger partial charge in [0.05, 0.1) is 12.2 Å². The lowest BCUT2D eigenvalue weighted by Gasteiger charge is -2.38. The smallest absolute Gasteiger partial charge is 0.146 e. The van der Waals surface area contributed by atoms with Gasteiger partial charge in [0.2, 0.25) is 0 Å². The van der Waals surface area contributed by atoms with Crippen LogP contribution in [0.25, 0.3) is 0 Å². The molecular weight excluding hydrogens is 242 g/mol. The Morgan fingerprint density at radius 1 is 1.32 bits per heavy atom. The highest BCUT2D eigenvalue weighted by Gasteiger charge is 2.40. The van der Waals surface area contributed by atoms with E-state index in [1.807, 2.05) is 6.07 Å². The van der Waals surface area contributed by atoms with Crippen molar-refractivity contribution in [3.05, 3.63) is 18.2 Å². The molecule has 1 aliphatic heterocycles. The van der Waals surface area contributed by atoms with Crippen molar-refractivity contribution in [1.82, 2.24) is 0 Å².